The van der Waals surface area contributed by atoms with Crippen LogP contribution < -0.4 is 4.74 Å². The van der Waals surface area contributed by atoms with Gasteiger partial charge in [0, 0.05) is 11.6 Å². The first-order valence-corrected chi connectivity index (χ1v) is 10.4. The highest BCUT2D eigenvalue weighted by atomic mass is 16.5. The SMILES string of the molecule is O=C(O)/C=C1\CCc2cc(OCc3ccccc3)c(-c3ccc4ccccc4c3)cc21. The second-order valence-electron chi connectivity index (χ2n) is 7.85. The van der Waals surface area contributed by atoms with Crippen LogP contribution >= 0.6 is 0 Å². The largest absolute Gasteiger partial charge is 0.488 e. The number of carboxylic acids is 1. The van der Waals surface area contributed by atoms with Crippen molar-refractivity contribution in [2.75, 3.05) is 0 Å². The van der Waals surface area contributed by atoms with Crippen molar-refractivity contribution in [3.05, 3.63) is 108 Å². The summed E-state index contributed by atoms with van der Waals surface area (Å²) >= 11 is 0. The maximum atomic E-state index is 11.3. The van der Waals surface area contributed by atoms with Gasteiger partial charge in [-0.15, -0.1) is 0 Å². The van der Waals surface area contributed by atoms with Crippen LogP contribution in [-0.2, 0) is 17.8 Å². The zero-order valence-electron chi connectivity index (χ0n) is 17.0. The normalized spacial score (nSPS) is 14.0. The molecule has 0 bridgehead atoms. The van der Waals surface area contributed by atoms with Crippen LogP contribution in [0.5, 0.6) is 5.75 Å². The van der Waals surface area contributed by atoms with Crippen LogP contribution in [0.1, 0.15) is 23.1 Å². The summed E-state index contributed by atoms with van der Waals surface area (Å²) in [5.41, 5.74) is 6.18. The minimum atomic E-state index is -0.903. The fourth-order valence-electron chi connectivity index (χ4n) is 4.27. The number of fused-ring (bicyclic) bond motifs is 2. The first kappa shape index (κ1) is 19.1. The van der Waals surface area contributed by atoms with Crippen LogP contribution in [0, 0.1) is 0 Å². The van der Waals surface area contributed by atoms with E-state index in [1.54, 1.807) is 0 Å². The number of aryl methyl sites for hydroxylation is 1. The molecule has 0 amide bonds. The molecule has 152 valence electrons. The quantitative estimate of drug-likeness (QED) is 0.385. The van der Waals surface area contributed by atoms with E-state index in [2.05, 4.69) is 54.6 Å². The van der Waals surface area contributed by atoms with Gasteiger partial charge in [0.2, 0.25) is 0 Å². The van der Waals surface area contributed by atoms with Gasteiger partial charge in [0.25, 0.3) is 0 Å². The predicted molar refractivity (Wildman–Crippen MR) is 124 cm³/mol. The molecule has 31 heavy (non-hydrogen) atoms. The molecule has 1 N–H and O–H groups in total. The molecule has 0 spiro atoms. The van der Waals surface area contributed by atoms with Crippen LogP contribution in [0.3, 0.4) is 0 Å². The van der Waals surface area contributed by atoms with Crippen molar-refractivity contribution < 1.29 is 14.6 Å². The standard InChI is InChI=1S/C28H22O3/c29-28(30)16-24-13-12-23-15-27(31-18-19-6-2-1-3-7-19)26(17-25(23)24)22-11-10-20-8-4-5-9-21(20)14-22/h1-11,14-17H,12-13,18H2,(H,29,30)/b24-16+. The molecule has 1 aliphatic rings. The van der Waals surface area contributed by atoms with Crippen molar-refractivity contribution in [3.63, 3.8) is 0 Å². The molecule has 1 aliphatic carbocycles. The molecule has 0 aliphatic heterocycles. The smallest absolute Gasteiger partial charge is 0.328 e. The Labute approximate surface area is 181 Å². The highest BCUT2D eigenvalue weighted by Gasteiger charge is 2.21. The Morgan fingerprint density at radius 1 is 0.839 bits per heavy atom. The summed E-state index contributed by atoms with van der Waals surface area (Å²) in [5, 5.41) is 11.6. The fourth-order valence-corrected chi connectivity index (χ4v) is 4.27. The number of rotatable bonds is 5. The number of carboxylic acid groups (broad SMARTS) is 1. The Hall–Kier alpha value is -3.85. The Morgan fingerprint density at radius 3 is 2.42 bits per heavy atom. The average Bonchev–Trinajstić information content (AvgIpc) is 3.18. The predicted octanol–water partition coefficient (Wildman–Crippen LogP) is 6.50. The average molecular weight is 406 g/mol. The lowest BCUT2D eigenvalue weighted by Gasteiger charge is -2.15. The van der Waals surface area contributed by atoms with E-state index >= 15 is 0 Å². The van der Waals surface area contributed by atoms with E-state index in [1.807, 2.05) is 30.3 Å². The molecule has 0 fully saturated rings. The van der Waals surface area contributed by atoms with Crippen LogP contribution in [0.15, 0.2) is 91.0 Å². The van der Waals surface area contributed by atoms with E-state index in [0.29, 0.717) is 6.61 Å². The molecule has 0 heterocycles. The summed E-state index contributed by atoms with van der Waals surface area (Å²) < 4.78 is 6.30. The van der Waals surface area contributed by atoms with E-state index in [-0.39, 0.29) is 0 Å². The van der Waals surface area contributed by atoms with Crippen molar-refractivity contribution in [1.29, 1.82) is 0 Å². The molecule has 4 aromatic rings. The topological polar surface area (TPSA) is 46.5 Å². The number of carbonyl (C=O) groups is 1. The Kier molecular flexibility index (Phi) is 5.01. The zero-order valence-corrected chi connectivity index (χ0v) is 17.0. The molecule has 0 saturated heterocycles. The number of allylic oxidation sites excluding steroid dienone is 1. The van der Waals surface area contributed by atoms with Gasteiger partial charge in [0.15, 0.2) is 0 Å². The van der Waals surface area contributed by atoms with Gasteiger partial charge in [0.05, 0.1) is 0 Å². The minimum Gasteiger partial charge on any atom is -0.488 e. The van der Waals surface area contributed by atoms with Gasteiger partial charge in [-0.2, -0.15) is 0 Å². The number of benzene rings is 4. The Balaban J connectivity index is 1.61. The summed E-state index contributed by atoms with van der Waals surface area (Å²) in [6.45, 7) is 0.484. The molecule has 0 aromatic heterocycles. The van der Waals surface area contributed by atoms with Crippen molar-refractivity contribution in [2.45, 2.75) is 19.4 Å². The maximum Gasteiger partial charge on any atom is 0.328 e. The molecule has 3 heteroatoms. The molecular formula is C28H22O3. The molecule has 0 unspecified atom stereocenters. The van der Waals surface area contributed by atoms with Crippen molar-refractivity contribution >= 4 is 22.3 Å². The van der Waals surface area contributed by atoms with Gasteiger partial charge < -0.3 is 9.84 Å². The molecular weight excluding hydrogens is 384 g/mol. The lowest BCUT2D eigenvalue weighted by atomic mass is 9.96. The van der Waals surface area contributed by atoms with Crippen LogP contribution in [0.2, 0.25) is 0 Å². The lowest BCUT2D eigenvalue weighted by Crippen LogP contribution is -1.99. The van der Waals surface area contributed by atoms with Crippen LogP contribution in [0.25, 0.3) is 27.5 Å². The molecule has 4 aromatic carbocycles. The van der Waals surface area contributed by atoms with Gasteiger partial charge in [0.1, 0.15) is 12.4 Å². The third-order valence-electron chi connectivity index (χ3n) is 5.81. The third-order valence-corrected chi connectivity index (χ3v) is 5.81. The fraction of sp³-hybridized carbons (Fsp3) is 0.107. The number of hydrogen-bond acceptors (Lipinski definition) is 2. The zero-order chi connectivity index (χ0) is 21.2. The Morgan fingerprint density at radius 2 is 1.61 bits per heavy atom. The van der Waals surface area contributed by atoms with Crippen LogP contribution in [-0.4, -0.2) is 11.1 Å². The maximum absolute atomic E-state index is 11.3. The summed E-state index contributed by atoms with van der Waals surface area (Å²) in [7, 11) is 0. The van der Waals surface area contributed by atoms with E-state index in [4.69, 9.17) is 4.74 Å². The number of ether oxygens (including phenoxy) is 1. The first-order chi connectivity index (χ1) is 15.2. The van der Waals surface area contributed by atoms with Gasteiger partial charge in [-0.25, -0.2) is 4.79 Å². The van der Waals surface area contributed by atoms with E-state index in [9.17, 15) is 9.90 Å². The van der Waals surface area contributed by atoms with Gasteiger partial charge in [-0.3, -0.25) is 0 Å². The number of hydrogen-bond donors (Lipinski definition) is 1. The second kappa shape index (κ2) is 8.11. The van der Waals surface area contributed by atoms with E-state index in [0.717, 1.165) is 57.4 Å². The van der Waals surface area contributed by atoms with E-state index < -0.39 is 5.97 Å². The highest BCUT2D eigenvalue weighted by Crippen LogP contribution is 2.41. The van der Waals surface area contributed by atoms with Crippen molar-refractivity contribution in [3.8, 4) is 16.9 Å². The van der Waals surface area contributed by atoms with Crippen molar-refractivity contribution in [1.82, 2.24) is 0 Å². The van der Waals surface area contributed by atoms with Crippen molar-refractivity contribution in [2.24, 2.45) is 0 Å². The summed E-state index contributed by atoms with van der Waals surface area (Å²) in [5.74, 6) is -0.0750. The minimum absolute atomic E-state index is 0.484. The first-order valence-electron chi connectivity index (χ1n) is 10.4. The monoisotopic (exact) mass is 406 g/mol. The summed E-state index contributed by atoms with van der Waals surface area (Å²) in [6.07, 6.45) is 2.90. The summed E-state index contributed by atoms with van der Waals surface area (Å²) in [6, 6.07) is 29.0. The van der Waals surface area contributed by atoms with Gasteiger partial charge >= 0.3 is 5.97 Å². The number of aliphatic carboxylic acids is 1. The van der Waals surface area contributed by atoms with Crippen LogP contribution in [0.4, 0.5) is 0 Å². The molecule has 5 rings (SSSR count). The molecule has 0 atom stereocenters. The third kappa shape index (κ3) is 3.95. The Bertz CT molecular complexity index is 1300. The highest BCUT2D eigenvalue weighted by molar-refractivity contribution is 5.94. The second-order valence-corrected chi connectivity index (χ2v) is 7.85. The van der Waals surface area contributed by atoms with E-state index in [1.165, 1.54) is 11.5 Å². The molecule has 3 nitrogen and oxygen atoms in total. The molecule has 0 radical (unpaired) electrons. The summed E-state index contributed by atoms with van der Waals surface area (Å²) in [4.78, 5) is 11.3. The molecule has 0 saturated carbocycles. The lowest BCUT2D eigenvalue weighted by molar-refractivity contribution is -0.131. The van der Waals surface area contributed by atoms with Gasteiger partial charge in [-0.1, -0.05) is 66.7 Å². The van der Waals surface area contributed by atoms with Gasteiger partial charge in [-0.05, 0) is 69.6 Å².